The van der Waals surface area contributed by atoms with E-state index in [9.17, 15) is 4.79 Å². The quantitative estimate of drug-likeness (QED) is 0.628. The summed E-state index contributed by atoms with van der Waals surface area (Å²) in [5, 5.41) is 3.29. The summed E-state index contributed by atoms with van der Waals surface area (Å²) in [6, 6.07) is 0.200. The molecule has 1 rings (SSSR count). The van der Waals surface area contributed by atoms with Crippen LogP contribution in [0.25, 0.3) is 0 Å². The standard InChI is InChI=1S/C15H31N3O/c1-2-3-4-5-6-7-8-9-15(19)18-11-10-17-13-14(18)12-16/h14,17H,2-13,16H2,1H3. The molecule has 0 radical (unpaired) electrons. The summed E-state index contributed by atoms with van der Waals surface area (Å²) in [5.74, 6) is 0.297. The maximum atomic E-state index is 12.1. The Hall–Kier alpha value is -0.610. The Kier molecular flexibility index (Phi) is 8.84. The zero-order valence-electron chi connectivity index (χ0n) is 12.5. The molecule has 1 aliphatic rings. The lowest BCUT2D eigenvalue weighted by Gasteiger charge is -2.35. The van der Waals surface area contributed by atoms with Gasteiger partial charge in [-0.3, -0.25) is 4.79 Å². The highest BCUT2D eigenvalue weighted by Gasteiger charge is 2.24. The maximum absolute atomic E-state index is 12.1. The summed E-state index contributed by atoms with van der Waals surface area (Å²) in [6.07, 6.45) is 9.50. The van der Waals surface area contributed by atoms with Crippen LogP contribution in [0.5, 0.6) is 0 Å². The molecule has 0 aliphatic carbocycles. The van der Waals surface area contributed by atoms with Crippen molar-refractivity contribution in [2.24, 2.45) is 5.73 Å². The first-order chi connectivity index (χ1) is 9.29. The van der Waals surface area contributed by atoms with Crippen molar-refractivity contribution in [2.45, 2.75) is 64.3 Å². The molecule has 4 heteroatoms. The lowest BCUT2D eigenvalue weighted by molar-refractivity contribution is -0.134. The first-order valence-corrected chi connectivity index (χ1v) is 7.99. The van der Waals surface area contributed by atoms with Gasteiger partial charge in [0.1, 0.15) is 0 Å². The van der Waals surface area contributed by atoms with Gasteiger partial charge in [0.25, 0.3) is 0 Å². The molecule has 0 bridgehead atoms. The highest BCUT2D eigenvalue weighted by atomic mass is 16.2. The average molecular weight is 269 g/mol. The highest BCUT2D eigenvalue weighted by Crippen LogP contribution is 2.11. The minimum absolute atomic E-state index is 0.200. The summed E-state index contributed by atoms with van der Waals surface area (Å²) in [6.45, 7) is 5.37. The van der Waals surface area contributed by atoms with Crippen molar-refractivity contribution in [3.05, 3.63) is 0 Å². The lowest BCUT2D eigenvalue weighted by atomic mass is 10.1. The number of carbonyl (C=O) groups excluding carboxylic acids is 1. The number of piperazine rings is 1. The molecule has 1 fully saturated rings. The molecule has 0 aromatic carbocycles. The van der Waals surface area contributed by atoms with Crippen LogP contribution in [0.15, 0.2) is 0 Å². The zero-order valence-corrected chi connectivity index (χ0v) is 12.5. The molecule has 1 unspecified atom stereocenters. The Morgan fingerprint density at radius 1 is 1.21 bits per heavy atom. The van der Waals surface area contributed by atoms with E-state index in [1.807, 2.05) is 4.90 Å². The monoisotopic (exact) mass is 269 g/mol. The van der Waals surface area contributed by atoms with Gasteiger partial charge in [-0.15, -0.1) is 0 Å². The number of nitrogens with one attached hydrogen (secondary N) is 1. The lowest BCUT2D eigenvalue weighted by Crippen LogP contribution is -2.56. The Bertz CT molecular complexity index is 246. The summed E-state index contributed by atoms with van der Waals surface area (Å²) in [5.41, 5.74) is 5.72. The van der Waals surface area contributed by atoms with Crippen LogP contribution in [0, 0.1) is 0 Å². The van der Waals surface area contributed by atoms with Gasteiger partial charge in [-0.1, -0.05) is 45.4 Å². The van der Waals surface area contributed by atoms with Gasteiger partial charge in [-0.2, -0.15) is 0 Å². The first kappa shape index (κ1) is 16.4. The molecule has 3 N–H and O–H groups in total. The van der Waals surface area contributed by atoms with Crippen molar-refractivity contribution < 1.29 is 4.79 Å². The van der Waals surface area contributed by atoms with E-state index in [1.54, 1.807) is 0 Å². The molecule has 4 nitrogen and oxygen atoms in total. The van der Waals surface area contributed by atoms with E-state index in [-0.39, 0.29) is 6.04 Å². The highest BCUT2D eigenvalue weighted by molar-refractivity contribution is 5.76. The Morgan fingerprint density at radius 2 is 1.89 bits per heavy atom. The van der Waals surface area contributed by atoms with Gasteiger partial charge in [0.2, 0.25) is 5.91 Å². The number of hydrogen-bond acceptors (Lipinski definition) is 3. The zero-order chi connectivity index (χ0) is 13.9. The van der Waals surface area contributed by atoms with Gasteiger partial charge in [0, 0.05) is 32.6 Å². The number of rotatable bonds is 9. The van der Waals surface area contributed by atoms with E-state index >= 15 is 0 Å². The summed E-state index contributed by atoms with van der Waals surface area (Å²) >= 11 is 0. The smallest absolute Gasteiger partial charge is 0.222 e. The normalized spacial score (nSPS) is 19.7. The first-order valence-electron chi connectivity index (χ1n) is 7.99. The fourth-order valence-electron chi connectivity index (χ4n) is 2.68. The Balaban J connectivity index is 2.09. The van der Waals surface area contributed by atoms with Crippen LogP contribution in [-0.4, -0.2) is 43.0 Å². The molecule has 19 heavy (non-hydrogen) atoms. The van der Waals surface area contributed by atoms with E-state index < -0.39 is 0 Å². The summed E-state index contributed by atoms with van der Waals surface area (Å²) < 4.78 is 0. The second kappa shape index (κ2) is 10.2. The number of carbonyl (C=O) groups is 1. The van der Waals surface area contributed by atoms with Gasteiger partial charge in [-0.25, -0.2) is 0 Å². The number of hydrogen-bond donors (Lipinski definition) is 2. The molecule has 1 heterocycles. The molecule has 0 spiro atoms. The van der Waals surface area contributed by atoms with Gasteiger partial charge < -0.3 is 16.0 Å². The second-order valence-corrected chi connectivity index (χ2v) is 5.55. The minimum Gasteiger partial charge on any atom is -0.336 e. The summed E-state index contributed by atoms with van der Waals surface area (Å²) in [7, 11) is 0. The number of nitrogens with zero attached hydrogens (tertiary/aromatic N) is 1. The molecule has 1 aliphatic heterocycles. The Morgan fingerprint density at radius 3 is 2.58 bits per heavy atom. The van der Waals surface area contributed by atoms with Crippen molar-refractivity contribution >= 4 is 5.91 Å². The second-order valence-electron chi connectivity index (χ2n) is 5.55. The van der Waals surface area contributed by atoms with Crippen molar-refractivity contribution in [3.63, 3.8) is 0 Å². The van der Waals surface area contributed by atoms with Gasteiger partial charge in [0.15, 0.2) is 0 Å². The molecular formula is C15H31N3O. The van der Waals surface area contributed by atoms with E-state index in [0.29, 0.717) is 18.9 Å². The molecule has 1 amide bonds. The van der Waals surface area contributed by atoms with E-state index in [1.165, 1.54) is 38.5 Å². The number of unbranched alkanes of at least 4 members (excludes halogenated alkanes) is 6. The molecule has 0 saturated carbocycles. The fraction of sp³-hybridized carbons (Fsp3) is 0.933. The van der Waals surface area contributed by atoms with Crippen molar-refractivity contribution in [3.8, 4) is 0 Å². The van der Waals surface area contributed by atoms with E-state index in [4.69, 9.17) is 5.73 Å². The number of nitrogens with two attached hydrogens (primary N) is 1. The van der Waals surface area contributed by atoms with Crippen molar-refractivity contribution in [1.82, 2.24) is 10.2 Å². The fourth-order valence-corrected chi connectivity index (χ4v) is 2.68. The average Bonchev–Trinajstić information content (AvgIpc) is 2.46. The topological polar surface area (TPSA) is 58.4 Å². The van der Waals surface area contributed by atoms with Crippen LogP contribution in [-0.2, 0) is 4.79 Å². The molecule has 0 aromatic rings. The van der Waals surface area contributed by atoms with Crippen LogP contribution >= 0.6 is 0 Å². The van der Waals surface area contributed by atoms with E-state index in [0.717, 1.165) is 26.1 Å². The van der Waals surface area contributed by atoms with Crippen LogP contribution in [0.4, 0.5) is 0 Å². The molecule has 112 valence electrons. The SMILES string of the molecule is CCCCCCCCCC(=O)N1CCNCC1CN. The van der Waals surface area contributed by atoms with Crippen LogP contribution in [0.2, 0.25) is 0 Å². The van der Waals surface area contributed by atoms with Crippen LogP contribution in [0.3, 0.4) is 0 Å². The van der Waals surface area contributed by atoms with Crippen LogP contribution in [0.1, 0.15) is 58.3 Å². The van der Waals surface area contributed by atoms with Crippen molar-refractivity contribution in [1.29, 1.82) is 0 Å². The van der Waals surface area contributed by atoms with E-state index in [2.05, 4.69) is 12.2 Å². The van der Waals surface area contributed by atoms with Gasteiger partial charge >= 0.3 is 0 Å². The minimum atomic E-state index is 0.200. The maximum Gasteiger partial charge on any atom is 0.222 e. The molecule has 0 aromatic heterocycles. The predicted molar refractivity (Wildman–Crippen MR) is 80.0 cm³/mol. The largest absolute Gasteiger partial charge is 0.336 e. The van der Waals surface area contributed by atoms with Gasteiger partial charge in [-0.05, 0) is 6.42 Å². The Labute approximate surface area is 118 Å². The molecular weight excluding hydrogens is 238 g/mol. The predicted octanol–water partition coefficient (Wildman–Crippen LogP) is 1.89. The van der Waals surface area contributed by atoms with Gasteiger partial charge in [0.05, 0.1) is 6.04 Å². The van der Waals surface area contributed by atoms with Crippen molar-refractivity contribution in [2.75, 3.05) is 26.2 Å². The summed E-state index contributed by atoms with van der Waals surface area (Å²) in [4.78, 5) is 14.1. The molecule has 1 atom stereocenters. The van der Waals surface area contributed by atoms with Crippen LogP contribution < -0.4 is 11.1 Å². The third-order valence-electron chi connectivity index (χ3n) is 3.94. The third-order valence-corrected chi connectivity index (χ3v) is 3.94. The number of amides is 1. The molecule has 1 saturated heterocycles. The third kappa shape index (κ3) is 6.39.